The van der Waals surface area contributed by atoms with Crippen LogP contribution in [0.3, 0.4) is 0 Å². The minimum absolute atomic E-state index is 0.00870. The highest BCUT2D eigenvalue weighted by Crippen LogP contribution is 2.20. The van der Waals surface area contributed by atoms with E-state index in [4.69, 9.17) is 0 Å². The zero-order valence-electron chi connectivity index (χ0n) is 12.2. The number of carbonyl (C=O) groups is 2. The van der Waals surface area contributed by atoms with Gasteiger partial charge in [0, 0.05) is 37.4 Å². The van der Waals surface area contributed by atoms with Crippen molar-refractivity contribution < 1.29 is 9.59 Å². The van der Waals surface area contributed by atoms with E-state index >= 15 is 0 Å². The molecule has 1 aliphatic heterocycles. The minimum atomic E-state index is -0.232. The fourth-order valence-corrected chi connectivity index (χ4v) is 2.50. The van der Waals surface area contributed by atoms with Crippen LogP contribution in [0.5, 0.6) is 0 Å². The van der Waals surface area contributed by atoms with Crippen molar-refractivity contribution in [3.05, 3.63) is 18.5 Å². The van der Waals surface area contributed by atoms with E-state index in [1.165, 1.54) is 0 Å². The fourth-order valence-electron chi connectivity index (χ4n) is 2.50. The van der Waals surface area contributed by atoms with Gasteiger partial charge in [-0.1, -0.05) is 0 Å². The molecule has 0 saturated carbocycles. The average Bonchev–Trinajstić information content (AvgIpc) is 2.98. The van der Waals surface area contributed by atoms with Gasteiger partial charge in [-0.2, -0.15) is 5.10 Å². The lowest BCUT2D eigenvalue weighted by Gasteiger charge is -2.21. The van der Waals surface area contributed by atoms with Crippen LogP contribution >= 0.6 is 0 Å². The summed E-state index contributed by atoms with van der Waals surface area (Å²) in [5, 5.41) is 7.07. The molecule has 110 valence electrons. The molecule has 1 aliphatic rings. The summed E-state index contributed by atoms with van der Waals surface area (Å²) in [5.41, 5.74) is 0. The van der Waals surface area contributed by atoms with Crippen LogP contribution in [0.2, 0.25) is 0 Å². The van der Waals surface area contributed by atoms with Crippen LogP contribution in [0.25, 0.3) is 0 Å². The third-order valence-corrected chi connectivity index (χ3v) is 3.56. The minimum Gasteiger partial charge on any atom is -0.351 e. The number of rotatable bonds is 5. The average molecular weight is 278 g/mol. The van der Waals surface area contributed by atoms with Crippen LogP contribution in [0.4, 0.5) is 0 Å². The van der Waals surface area contributed by atoms with Gasteiger partial charge in [0.05, 0.1) is 12.5 Å². The number of hydrogen-bond acceptors (Lipinski definition) is 3. The van der Waals surface area contributed by atoms with Crippen molar-refractivity contribution in [3.63, 3.8) is 0 Å². The number of carbonyl (C=O) groups excluding carboxylic acids is 2. The van der Waals surface area contributed by atoms with Gasteiger partial charge >= 0.3 is 0 Å². The summed E-state index contributed by atoms with van der Waals surface area (Å²) in [6, 6.07) is 2.00. The molecule has 2 atom stereocenters. The molecule has 20 heavy (non-hydrogen) atoms. The molecular weight excluding hydrogens is 256 g/mol. The Balaban J connectivity index is 1.85. The monoisotopic (exact) mass is 278 g/mol. The molecule has 0 aliphatic carbocycles. The van der Waals surface area contributed by atoms with E-state index in [9.17, 15) is 9.59 Å². The summed E-state index contributed by atoms with van der Waals surface area (Å²) in [7, 11) is 0. The second-order valence-corrected chi connectivity index (χ2v) is 5.68. The second-order valence-electron chi connectivity index (χ2n) is 5.68. The third kappa shape index (κ3) is 3.37. The smallest absolute Gasteiger partial charge is 0.225 e. The number of nitrogens with zero attached hydrogens (tertiary/aromatic N) is 3. The first-order valence-corrected chi connectivity index (χ1v) is 7.04. The van der Waals surface area contributed by atoms with Gasteiger partial charge in [-0.25, -0.2) is 0 Å². The van der Waals surface area contributed by atoms with Crippen molar-refractivity contribution in [2.24, 2.45) is 5.92 Å². The van der Waals surface area contributed by atoms with Gasteiger partial charge in [-0.15, -0.1) is 0 Å². The van der Waals surface area contributed by atoms with E-state index in [-0.39, 0.29) is 29.8 Å². The molecule has 0 aromatic carbocycles. The first-order chi connectivity index (χ1) is 9.47. The Morgan fingerprint density at radius 2 is 2.25 bits per heavy atom. The lowest BCUT2D eigenvalue weighted by molar-refractivity contribution is -0.130. The van der Waals surface area contributed by atoms with Crippen molar-refractivity contribution in [2.75, 3.05) is 6.54 Å². The van der Waals surface area contributed by atoms with Gasteiger partial charge in [0.15, 0.2) is 0 Å². The first kappa shape index (κ1) is 14.6. The van der Waals surface area contributed by atoms with Crippen LogP contribution in [-0.2, 0) is 16.1 Å². The maximum Gasteiger partial charge on any atom is 0.225 e. The van der Waals surface area contributed by atoms with Crippen molar-refractivity contribution >= 4 is 11.8 Å². The van der Waals surface area contributed by atoms with Crippen LogP contribution in [-0.4, -0.2) is 45.1 Å². The molecule has 1 aromatic heterocycles. The molecular formula is C14H22N4O2. The van der Waals surface area contributed by atoms with Gasteiger partial charge in [0.2, 0.25) is 11.8 Å². The standard InChI is InChI=1S/C14H22N4O2/c1-10(2)18-9-12(7-13(18)19)14(20)16-11(3)8-17-6-4-5-15-17/h4-6,10-12H,7-9H2,1-3H3,(H,16,20). The van der Waals surface area contributed by atoms with Crippen molar-refractivity contribution in [1.82, 2.24) is 20.0 Å². The maximum absolute atomic E-state index is 12.2. The van der Waals surface area contributed by atoms with Gasteiger partial charge in [-0.05, 0) is 26.8 Å². The summed E-state index contributed by atoms with van der Waals surface area (Å²) in [6.07, 6.45) is 3.89. The Kier molecular flexibility index (Phi) is 4.42. The summed E-state index contributed by atoms with van der Waals surface area (Å²) in [5.74, 6) is -0.203. The zero-order valence-corrected chi connectivity index (χ0v) is 12.2. The lowest BCUT2D eigenvalue weighted by atomic mass is 10.1. The Labute approximate surface area is 119 Å². The van der Waals surface area contributed by atoms with E-state index in [2.05, 4.69) is 10.4 Å². The summed E-state index contributed by atoms with van der Waals surface area (Å²) < 4.78 is 1.78. The molecule has 2 unspecified atom stereocenters. The molecule has 0 bridgehead atoms. The number of amides is 2. The lowest BCUT2D eigenvalue weighted by Crippen LogP contribution is -2.41. The molecule has 0 radical (unpaired) electrons. The summed E-state index contributed by atoms with van der Waals surface area (Å²) in [6.45, 7) is 7.04. The van der Waals surface area contributed by atoms with E-state index in [1.54, 1.807) is 15.8 Å². The molecule has 2 rings (SSSR count). The topological polar surface area (TPSA) is 67.2 Å². The SMILES string of the molecule is CC(Cn1cccn1)NC(=O)C1CC(=O)N(C(C)C)C1. The van der Waals surface area contributed by atoms with Gasteiger partial charge in [0.25, 0.3) is 0 Å². The number of hydrogen-bond donors (Lipinski definition) is 1. The highest BCUT2D eigenvalue weighted by atomic mass is 16.2. The van der Waals surface area contributed by atoms with Gasteiger partial charge < -0.3 is 10.2 Å². The highest BCUT2D eigenvalue weighted by molar-refractivity contribution is 5.89. The Morgan fingerprint density at radius 1 is 1.50 bits per heavy atom. The van der Waals surface area contributed by atoms with Crippen molar-refractivity contribution in [3.8, 4) is 0 Å². The molecule has 1 N–H and O–H groups in total. The number of aromatic nitrogens is 2. The van der Waals surface area contributed by atoms with E-state index < -0.39 is 0 Å². The predicted molar refractivity (Wildman–Crippen MR) is 74.8 cm³/mol. The maximum atomic E-state index is 12.2. The Morgan fingerprint density at radius 3 is 2.80 bits per heavy atom. The van der Waals surface area contributed by atoms with Crippen molar-refractivity contribution in [2.45, 2.75) is 45.8 Å². The highest BCUT2D eigenvalue weighted by Gasteiger charge is 2.35. The zero-order chi connectivity index (χ0) is 14.7. The quantitative estimate of drug-likeness (QED) is 0.859. The van der Waals surface area contributed by atoms with Gasteiger partial charge in [0.1, 0.15) is 0 Å². The Bertz CT molecular complexity index is 470. The number of nitrogens with one attached hydrogen (secondary N) is 1. The van der Waals surface area contributed by atoms with Crippen LogP contribution in [0, 0.1) is 5.92 Å². The molecule has 2 heterocycles. The van der Waals surface area contributed by atoms with Gasteiger partial charge in [-0.3, -0.25) is 14.3 Å². The van der Waals surface area contributed by atoms with Crippen LogP contribution in [0.15, 0.2) is 18.5 Å². The molecule has 0 spiro atoms. The molecule has 1 fully saturated rings. The van der Waals surface area contributed by atoms with Crippen LogP contribution < -0.4 is 5.32 Å². The van der Waals surface area contributed by atoms with Crippen molar-refractivity contribution in [1.29, 1.82) is 0 Å². The first-order valence-electron chi connectivity index (χ1n) is 7.04. The van der Waals surface area contributed by atoms with E-state index in [0.29, 0.717) is 19.5 Å². The molecule has 6 heteroatoms. The Hall–Kier alpha value is -1.85. The molecule has 2 amide bonds. The number of likely N-dealkylation sites (tertiary alicyclic amines) is 1. The summed E-state index contributed by atoms with van der Waals surface area (Å²) >= 11 is 0. The third-order valence-electron chi connectivity index (χ3n) is 3.56. The predicted octanol–water partition coefficient (Wildman–Crippen LogP) is 0.645. The van der Waals surface area contributed by atoms with E-state index in [0.717, 1.165) is 0 Å². The fraction of sp³-hybridized carbons (Fsp3) is 0.643. The molecule has 1 aromatic rings. The second kappa shape index (κ2) is 6.07. The summed E-state index contributed by atoms with van der Waals surface area (Å²) in [4.78, 5) is 25.7. The molecule has 6 nitrogen and oxygen atoms in total. The van der Waals surface area contributed by atoms with E-state index in [1.807, 2.05) is 33.0 Å². The largest absolute Gasteiger partial charge is 0.351 e. The molecule has 1 saturated heterocycles. The van der Waals surface area contributed by atoms with Crippen LogP contribution in [0.1, 0.15) is 27.2 Å². The normalized spacial score (nSPS) is 20.5.